The predicted octanol–water partition coefficient (Wildman–Crippen LogP) is 4.44. The summed E-state index contributed by atoms with van der Waals surface area (Å²) < 4.78 is 14.6. The lowest BCUT2D eigenvalue weighted by Crippen LogP contribution is -2.38. The molecule has 1 aliphatic rings. The molecule has 0 radical (unpaired) electrons. The first-order valence-corrected chi connectivity index (χ1v) is 11.2. The molecule has 3 aromatic rings. The van der Waals surface area contributed by atoms with E-state index in [0.29, 0.717) is 24.6 Å². The molecule has 0 N–H and O–H groups in total. The van der Waals surface area contributed by atoms with Gasteiger partial charge in [-0.3, -0.25) is 4.79 Å². The first-order valence-electron chi connectivity index (χ1n) is 10.4. The van der Waals surface area contributed by atoms with Crippen LogP contribution in [0.3, 0.4) is 0 Å². The number of hydrogen-bond donors (Lipinski definition) is 0. The van der Waals surface area contributed by atoms with Crippen LogP contribution in [0.2, 0.25) is 0 Å². The fraction of sp³-hybridized carbons (Fsp3) is 0.391. The van der Waals surface area contributed by atoms with Gasteiger partial charge in [0, 0.05) is 50.4 Å². The normalized spacial score (nSPS) is 14.7. The van der Waals surface area contributed by atoms with Gasteiger partial charge in [0.1, 0.15) is 10.7 Å². The van der Waals surface area contributed by atoms with Crippen molar-refractivity contribution in [3.8, 4) is 11.1 Å². The van der Waals surface area contributed by atoms with Crippen molar-refractivity contribution in [3.63, 3.8) is 0 Å². The number of rotatable bonds is 4. The minimum Gasteiger partial charge on any atom is -0.347 e. The molecule has 4 rings (SSSR count). The number of likely N-dealkylation sites (tertiary alicyclic amines) is 1. The smallest absolute Gasteiger partial charge is 0.265 e. The number of aryl methyl sites for hydroxylation is 2. The molecule has 0 spiro atoms. The van der Waals surface area contributed by atoms with Crippen molar-refractivity contribution in [3.05, 3.63) is 57.6 Å². The van der Waals surface area contributed by atoms with Gasteiger partial charge in [0.2, 0.25) is 5.95 Å². The third kappa shape index (κ3) is 4.30. The van der Waals surface area contributed by atoms with Crippen LogP contribution in [-0.2, 0) is 0 Å². The van der Waals surface area contributed by atoms with Crippen LogP contribution < -0.4 is 4.90 Å². The number of thiazole rings is 1. The number of nitrogens with zero attached hydrogens (tertiary/aromatic N) is 5. The Balaban J connectivity index is 1.60. The SMILES string of the molecule is Cc1nc(C)c(C(=O)N2CCC(c3nc(N(C)C)ncc3-c3ccccc3F)CC2)s1. The van der Waals surface area contributed by atoms with E-state index in [0.717, 1.165) is 39.7 Å². The molecule has 6 nitrogen and oxygen atoms in total. The van der Waals surface area contributed by atoms with Crippen molar-refractivity contribution in [1.29, 1.82) is 0 Å². The molecule has 8 heteroatoms. The maximum atomic E-state index is 14.6. The van der Waals surface area contributed by atoms with E-state index in [1.807, 2.05) is 43.8 Å². The third-order valence-electron chi connectivity index (χ3n) is 5.64. The van der Waals surface area contributed by atoms with Crippen LogP contribution in [0.5, 0.6) is 0 Å². The maximum Gasteiger partial charge on any atom is 0.265 e. The summed E-state index contributed by atoms with van der Waals surface area (Å²) in [5.74, 6) is 0.496. The summed E-state index contributed by atoms with van der Waals surface area (Å²) in [5, 5.41) is 0.905. The van der Waals surface area contributed by atoms with E-state index in [9.17, 15) is 9.18 Å². The first-order chi connectivity index (χ1) is 14.8. The Morgan fingerprint density at radius 2 is 1.84 bits per heavy atom. The van der Waals surface area contributed by atoms with E-state index < -0.39 is 0 Å². The van der Waals surface area contributed by atoms with Crippen LogP contribution in [0.4, 0.5) is 10.3 Å². The van der Waals surface area contributed by atoms with E-state index in [1.54, 1.807) is 18.3 Å². The molecule has 0 saturated carbocycles. The van der Waals surface area contributed by atoms with Crippen LogP contribution in [0.1, 0.15) is 44.8 Å². The summed E-state index contributed by atoms with van der Waals surface area (Å²) in [7, 11) is 3.78. The third-order valence-corrected chi connectivity index (χ3v) is 6.70. The highest BCUT2D eigenvalue weighted by Crippen LogP contribution is 2.36. The average molecular weight is 440 g/mol. The van der Waals surface area contributed by atoms with E-state index in [-0.39, 0.29) is 17.6 Å². The highest BCUT2D eigenvalue weighted by Gasteiger charge is 2.29. The zero-order chi connectivity index (χ0) is 22.1. The molecule has 3 heterocycles. The molecule has 0 atom stereocenters. The molecular weight excluding hydrogens is 413 g/mol. The lowest BCUT2D eigenvalue weighted by atomic mass is 9.88. The zero-order valence-electron chi connectivity index (χ0n) is 18.2. The Morgan fingerprint density at radius 1 is 1.13 bits per heavy atom. The minimum atomic E-state index is -0.284. The van der Waals surface area contributed by atoms with Gasteiger partial charge in [0.05, 0.1) is 16.4 Å². The van der Waals surface area contributed by atoms with Crippen molar-refractivity contribution in [2.24, 2.45) is 0 Å². The fourth-order valence-corrected chi connectivity index (χ4v) is 4.92. The van der Waals surface area contributed by atoms with Gasteiger partial charge in [0.15, 0.2) is 0 Å². The Morgan fingerprint density at radius 3 is 2.45 bits per heavy atom. The molecule has 0 unspecified atom stereocenters. The molecule has 1 amide bonds. The second kappa shape index (κ2) is 8.70. The molecular formula is C23H26FN5OS. The lowest BCUT2D eigenvalue weighted by Gasteiger charge is -2.32. The Bertz CT molecular complexity index is 1110. The number of carbonyl (C=O) groups excluding carboxylic acids is 1. The quantitative estimate of drug-likeness (QED) is 0.601. The summed E-state index contributed by atoms with van der Waals surface area (Å²) in [6.45, 7) is 5.08. The van der Waals surface area contributed by atoms with Gasteiger partial charge in [-0.25, -0.2) is 19.3 Å². The van der Waals surface area contributed by atoms with E-state index in [1.165, 1.54) is 17.4 Å². The van der Waals surface area contributed by atoms with Crippen molar-refractivity contribution in [1.82, 2.24) is 19.9 Å². The molecule has 1 aliphatic heterocycles. The summed E-state index contributed by atoms with van der Waals surface area (Å²) in [5.41, 5.74) is 2.88. The largest absolute Gasteiger partial charge is 0.347 e. The topological polar surface area (TPSA) is 62.2 Å². The summed E-state index contributed by atoms with van der Waals surface area (Å²) in [6, 6.07) is 6.73. The van der Waals surface area contributed by atoms with Crippen LogP contribution in [0, 0.1) is 19.7 Å². The Kier molecular flexibility index (Phi) is 6.00. The van der Waals surface area contributed by atoms with Gasteiger partial charge in [-0.2, -0.15) is 0 Å². The number of amides is 1. The average Bonchev–Trinajstić information content (AvgIpc) is 3.11. The van der Waals surface area contributed by atoms with Gasteiger partial charge in [-0.15, -0.1) is 11.3 Å². The minimum absolute atomic E-state index is 0.0487. The van der Waals surface area contributed by atoms with Gasteiger partial charge >= 0.3 is 0 Å². The number of anilines is 1. The highest BCUT2D eigenvalue weighted by molar-refractivity contribution is 7.13. The number of benzene rings is 1. The van der Waals surface area contributed by atoms with Crippen molar-refractivity contribution in [2.75, 3.05) is 32.1 Å². The molecule has 1 fully saturated rings. The van der Waals surface area contributed by atoms with E-state index in [2.05, 4.69) is 9.97 Å². The predicted molar refractivity (Wildman–Crippen MR) is 121 cm³/mol. The van der Waals surface area contributed by atoms with E-state index in [4.69, 9.17) is 4.98 Å². The number of piperidine rings is 1. The summed E-state index contributed by atoms with van der Waals surface area (Å²) >= 11 is 1.45. The molecule has 1 aromatic carbocycles. The fourth-order valence-electron chi connectivity index (χ4n) is 4.03. The summed E-state index contributed by atoms with van der Waals surface area (Å²) in [4.78, 5) is 31.0. The zero-order valence-corrected chi connectivity index (χ0v) is 19.0. The van der Waals surface area contributed by atoms with Crippen molar-refractivity contribution >= 4 is 23.2 Å². The van der Waals surface area contributed by atoms with Gasteiger partial charge in [0.25, 0.3) is 5.91 Å². The maximum absolute atomic E-state index is 14.6. The highest BCUT2D eigenvalue weighted by atomic mass is 32.1. The molecule has 0 aliphatic carbocycles. The number of carbonyl (C=O) groups is 1. The molecule has 0 bridgehead atoms. The van der Waals surface area contributed by atoms with Crippen molar-refractivity contribution < 1.29 is 9.18 Å². The van der Waals surface area contributed by atoms with E-state index >= 15 is 0 Å². The number of halogens is 1. The molecule has 2 aromatic heterocycles. The molecule has 31 heavy (non-hydrogen) atoms. The number of hydrogen-bond acceptors (Lipinski definition) is 6. The summed E-state index contributed by atoms with van der Waals surface area (Å²) in [6.07, 6.45) is 3.26. The first kappa shape index (κ1) is 21.4. The standard InChI is InChI=1S/C23H26FN5OS/c1-14-21(31-15(2)26-14)22(30)29-11-9-16(10-12-29)20-18(13-25-23(27-20)28(3)4)17-7-5-6-8-19(17)24/h5-8,13,16H,9-12H2,1-4H3. The van der Waals surface area contributed by atoms with Crippen LogP contribution in [0.15, 0.2) is 30.5 Å². The van der Waals surface area contributed by atoms with Gasteiger partial charge < -0.3 is 9.80 Å². The molecule has 1 saturated heterocycles. The van der Waals surface area contributed by atoms with Crippen LogP contribution >= 0.6 is 11.3 Å². The Labute approximate surface area is 185 Å². The van der Waals surface area contributed by atoms with Gasteiger partial charge in [-0.1, -0.05) is 18.2 Å². The number of aromatic nitrogens is 3. The van der Waals surface area contributed by atoms with Crippen molar-refractivity contribution in [2.45, 2.75) is 32.6 Å². The van der Waals surface area contributed by atoms with Gasteiger partial charge in [-0.05, 0) is 32.8 Å². The monoisotopic (exact) mass is 439 g/mol. The second-order valence-electron chi connectivity index (χ2n) is 8.06. The second-order valence-corrected chi connectivity index (χ2v) is 9.26. The van der Waals surface area contributed by atoms with Crippen LogP contribution in [-0.4, -0.2) is 52.9 Å². The van der Waals surface area contributed by atoms with Crippen LogP contribution in [0.25, 0.3) is 11.1 Å². The Hall–Kier alpha value is -2.87. The lowest BCUT2D eigenvalue weighted by molar-refractivity contribution is 0.0716. The molecule has 162 valence electrons.